The molecule has 2 unspecified atom stereocenters. The summed E-state index contributed by atoms with van der Waals surface area (Å²) in [5.74, 6) is 1.27. The zero-order chi connectivity index (χ0) is 16.9. The number of urea groups is 1. The molecule has 2 aliphatic carbocycles. The van der Waals surface area contributed by atoms with Crippen LogP contribution in [0, 0.1) is 18.8 Å². The van der Waals surface area contributed by atoms with Crippen LogP contribution in [0.5, 0.6) is 0 Å². The molecule has 1 aromatic rings. The highest BCUT2D eigenvalue weighted by Crippen LogP contribution is 2.49. The fraction of sp³-hybridized carbons (Fsp3) is 0.789. The van der Waals surface area contributed by atoms with E-state index in [0.29, 0.717) is 12.0 Å². The summed E-state index contributed by atoms with van der Waals surface area (Å²) in [5.41, 5.74) is 2.50. The van der Waals surface area contributed by atoms with E-state index in [2.05, 4.69) is 28.3 Å². The highest BCUT2D eigenvalue weighted by Gasteiger charge is 2.53. The first-order valence-corrected chi connectivity index (χ1v) is 9.55. The Hall–Kier alpha value is -1.52. The molecule has 0 aromatic carbocycles. The van der Waals surface area contributed by atoms with Crippen molar-refractivity contribution in [3.63, 3.8) is 0 Å². The van der Waals surface area contributed by atoms with Crippen LogP contribution >= 0.6 is 0 Å². The molecule has 2 amide bonds. The third-order valence-corrected chi connectivity index (χ3v) is 6.98. The summed E-state index contributed by atoms with van der Waals surface area (Å²) in [6.45, 7) is 5.25. The van der Waals surface area contributed by atoms with Gasteiger partial charge in [-0.25, -0.2) is 4.79 Å². The summed E-state index contributed by atoms with van der Waals surface area (Å²) < 4.78 is 1.99. The van der Waals surface area contributed by atoms with Crippen molar-refractivity contribution in [3.8, 4) is 0 Å². The highest BCUT2D eigenvalue weighted by atomic mass is 16.2. The average Bonchev–Trinajstić information content (AvgIpc) is 3.14. The Morgan fingerprint density at radius 3 is 2.83 bits per heavy atom. The van der Waals surface area contributed by atoms with Crippen molar-refractivity contribution in [1.82, 2.24) is 20.0 Å². The summed E-state index contributed by atoms with van der Waals surface area (Å²) >= 11 is 0. The molecule has 0 bridgehead atoms. The molecule has 2 heterocycles. The molecular formula is C19H30N4O. The number of likely N-dealkylation sites (tertiary alicyclic amines) is 1. The molecule has 1 aliphatic heterocycles. The van der Waals surface area contributed by atoms with Crippen molar-refractivity contribution >= 4 is 6.03 Å². The third kappa shape index (κ3) is 2.52. The number of nitrogens with one attached hydrogen (secondary N) is 1. The summed E-state index contributed by atoms with van der Waals surface area (Å²) in [5, 5.41) is 7.84. The van der Waals surface area contributed by atoms with E-state index < -0.39 is 0 Å². The lowest BCUT2D eigenvalue weighted by Gasteiger charge is -2.47. The first-order valence-electron chi connectivity index (χ1n) is 9.55. The predicted molar refractivity (Wildman–Crippen MR) is 93.8 cm³/mol. The van der Waals surface area contributed by atoms with Crippen molar-refractivity contribution < 1.29 is 4.79 Å². The molecule has 132 valence electrons. The van der Waals surface area contributed by atoms with Crippen molar-refractivity contribution in [2.75, 3.05) is 6.54 Å². The molecule has 2 saturated carbocycles. The van der Waals surface area contributed by atoms with Crippen LogP contribution < -0.4 is 5.32 Å². The number of fused-ring (bicyclic) bond motifs is 1. The largest absolute Gasteiger partial charge is 0.335 e. The molecule has 0 spiro atoms. The van der Waals surface area contributed by atoms with E-state index in [1.165, 1.54) is 37.8 Å². The number of hydrogen-bond donors (Lipinski definition) is 1. The Balaban J connectivity index is 1.40. The van der Waals surface area contributed by atoms with Crippen molar-refractivity contribution in [3.05, 3.63) is 17.5 Å². The van der Waals surface area contributed by atoms with Gasteiger partial charge in [0, 0.05) is 30.9 Å². The van der Waals surface area contributed by atoms with Gasteiger partial charge >= 0.3 is 6.03 Å². The van der Waals surface area contributed by atoms with Gasteiger partial charge in [0.25, 0.3) is 0 Å². The van der Waals surface area contributed by atoms with Gasteiger partial charge in [-0.1, -0.05) is 6.42 Å². The zero-order valence-electron chi connectivity index (χ0n) is 15.2. The lowest BCUT2D eigenvalue weighted by atomic mass is 9.69. The Bertz CT molecular complexity index is 639. The minimum atomic E-state index is 0.136. The van der Waals surface area contributed by atoms with Crippen LogP contribution in [0.4, 0.5) is 4.79 Å². The van der Waals surface area contributed by atoms with Crippen LogP contribution in [-0.2, 0) is 13.5 Å². The smallest absolute Gasteiger partial charge is 0.318 e. The molecule has 1 saturated heterocycles. The lowest BCUT2D eigenvalue weighted by Crippen LogP contribution is -2.58. The molecule has 3 fully saturated rings. The normalized spacial score (nSPS) is 35.0. The third-order valence-electron chi connectivity index (χ3n) is 6.98. The fourth-order valence-corrected chi connectivity index (χ4v) is 5.28. The maximum atomic E-state index is 12.9. The van der Waals surface area contributed by atoms with Gasteiger partial charge in [0.2, 0.25) is 0 Å². The Kier molecular flexibility index (Phi) is 3.85. The van der Waals surface area contributed by atoms with Gasteiger partial charge in [0.1, 0.15) is 0 Å². The van der Waals surface area contributed by atoms with Gasteiger partial charge in [-0.2, -0.15) is 5.10 Å². The second-order valence-electron chi connectivity index (χ2n) is 8.38. The van der Waals surface area contributed by atoms with E-state index >= 15 is 0 Å². The van der Waals surface area contributed by atoms with Crippen LogP contribution in [0.1, 0.15) is 56.8 Å². The fourth-order valence-electron chi connectivity index (χ4n) is 5.28. The number of carbonyl (C=O) groups is 1. The molecule has 4 rings (SSSR count). The number of rotatable bonds is 3. The lowest BCUT2D eigenvalue weighted by molar-refractivity contribution is 0.0586. The Morgan fingerprint density at radius 2 is 2.21 bits per heavy atom. The number of aryl methyl sites for hydroxylation is 2. The van der Waals surface area contributed by atoms with E-state index in [-0.39, 0.29) is 11.6 Å². The first-order chi connectivity index (χ1) is 11.5. The summed E-state index contributed by atoms with van der Waals surface area (Å²) in [7, 11) is 2.02. The van der Waals surface area contributed by atoms with Crippen LogP contribution in [0.15, 0.2) is 6.07 Å². The Morgan fingerprint density at radius 1 is 1.38 bits per heavy atom. The molecule has 3 aliphatic rings. The molecule has 1 aromatic heterocycles. The van der Waals surface area contributed by atoms with Gasteiger partial charge in [-0.15, -0.1) is 0 Å². The monoisotopic (exact) mass is 330 g/mol. The maximum Gasteiger partial charge on any atom is 0.318 e. The topological polar surface area (TPSA) is 50.2 Å². The Labute approximate surface area is 144 Å². The molecule has 4 atom stereocenters. The number of nitrogens with zero attached hydrogens (tertiary/aromatic N) is 3. The van der Waals surface area contributed by atoms with Crippen molar-refractivity contribution in [2.45, 2.75) is 70.4 Å². The highest BCUT2D eigenvalue weighted by molar-refractivity contribution is 5.76. The van der Waals surface area contributed by atoms with Crippen LogP contribution in [-0.4, -0.2) is 38.8 Å². The van der Waals surface area contributed by atoms with E-state index in [9.17, 15) is 4.79 Å². The number of aromatic nitrogens is 2. The van der Waals surface area contributed by atoms with Crippen LogP contribution in [0.25, 0.3) is 0 Å². The SMILES string of the molecule is Cc1cc(CC2CCCC2NC(=O)N2CC[C@@H]3CC[C@@]32C)n(C)n1. The maximum absolute atomic E-state index is 12.9. The summed E-state index contributed by atoms with van der Waals surface area (Å²) in [4.78, 5) is 15.0. The van der Waals surface area contributed by atoms with E-state index in [1.54, 1.807) is 0 Å². The van der Waals surface area contributed by atoms with Gasteiger partial charge in [0.15, 0.2) is 0 Å². The first kappa shape index (κ1) is 16.0. The molecule has 5 nitrogen and oxygen atoms in total. The molecule has 0 radical (unpaired) electrons. The predicted octanol–water partition coefficient (Wildman–Crippen LogP) is 3.02. The quantitative estimate of drug-likeness (QED) is 0.926. The minimum Gasteiger partial charge on any atom is -0.335 e. The average molecular weight is 330 g/mol. The second kappa shape index (κ2) is 5.78. The van der Waals surface area contributed by atoms with Crippen LogP contribution in [0.3, 0.4) is 0 Å². The molecule has 24 heavy (non-hydrogen) atoms. The summed E-state index contributed by atoms with van der Waals surface area (Å²) in [6.07, 6.45) is 8.21. The zero-order valence-corrected chi connectivity index (χ0v) is 15.2. The summed E-state index contributed by atoms with van der Waals surface area (Å²) in [6, 6.07) is 2.67. The van der Waals surface area contributed by atoms with E-state index in [0.717, 1.165) is 31.0 Å². The molecule has 5 heteroatoms. The number of carbonyl (C=O) groups excluding carboxylic acids is 1. The van der Waals surface area contributed by atoms with E-state index in [4.69, 9.17) is 0 Å². The number of hydrogen-bond acceptors (Lipinski definition) is 2. The molecular weight excluding hydrogens is 300 g/mol. The van der Waals surface area contributed by atoms with Gasteiger partial charge in [-0.05, 0) is 70.3 Å². The second-order valence-corrected chi connectivity index (χ2v) is 8.38. The van der Waals surface area contributed by atoms with E-state index in [1.807, 2.05) is 18.7 Å². The van der Waals surface area contributed by atoms with Crippen LogP contribution in [0.2, 0.25) is 0 Å². The standard InChI is InChI=1S/C19H30N4O/c1-13-11-16(22(3)21-13)12-14-5-4-6-17(14)20-18(24)23-10-8-15-7-9-19(15,23)2/h11,14-15,17H,4-10,12H2,1-3H3,(H,20,24)/t14?,15-,17?,19-/m0/s1. The van der Waals surface area contributed by atoms with Gasteiger partial charge < -0.3 is 10.2 Å². The van der Waals surface area contributed by atoms with Gasteiger partial charge in [0.05, 0.1) is 5.69 Å². The van der Waals surface area contributed by atoms with Crippen molar-refractivity contribution in [2.24, 2.45) is 18.9 Å². The van der Waals surface area contributed by atoms with Crippen molar-refractivity contribution in [1.29, 1.82) is 0 Å². The van der Waals surface area contributed by atoms with Gasteiger partial charge in [-0.3, -0.25) is 4.68 Å². The number of amides is 2. The molecule has 1 N–H and O–H groups in total. The minimum absolute atomic E-state index is 0.136.